The molecular formula is C15H15Cl2NO2. The normalized spacial score (nSPS) is 10.4. The monoisotopic (exact) mass is 311 g/mol. The van der Waals surface area contributed by atoms with E-state index >= 15 is 0 Å². The standard InChI is InChI=1S/C15H15Cl2NO2/c1-19-14-6-5-11(16)7-10(14)9-20-15-4-2-3-13(17)12(15)8-18/h2-7H,8-9,18H2,1H3. The van der Waals surface area contributed by atoms with Gasteiger partial charge in [0.25, 0.3) is 0 Å². The van der Waals surface area contributed by atoms with Gasteiger partial charge in [-0.25, -0.2) is 0 Å². The third-order valence-electron chi connectivity index (χ3n) is 2.91. The molecule has 106 valence electrons. The summed E-state index contributed by atoms with van der Waals surface area (Å²) in [7, 11) is 1.61. The molecule has 0 aliphatic heterocycles. The van der Waals surface area contributed by atoms with Crippen molar-refractivity contribution in [3.63, 3.8) is 0 Å². The fourth-order valence-electron chi connectivity index (χ4n) is 1.89. The van der Waals surface area contributed by atoms with Crippen molar-refractivity contribution in [1.82, 2.24) is 0 Å². The predicted molar refractivity (Wildman–Crippen MR) is 81.7 cm³/mol. The quantitative estimate of drug-likeness (QED) is 0.906. The number of rotatable bonds is 5. The molecule has 2 rings (SSSR count). The summed E-state index contributed by atoms with van der Waals surface area (Å²) in [5.41, 5.74) is 7.34. The highest BCUT2D eigenvalue weighted by molar-refractivity contribution is 6.31. The van der Waals surface area contributed by atoms with E-state index in [1.807, 2.05) is 24.3 Å². The van der Waals surface area contributed by atoms with E-state index < -0.39 is 0 Å². The summed E-state index contributed by atoms with van der Waals surface area (Å²) in [6.45, 7) is 0.652. The molecule has 0 saturated carbocycles. The van der Waals surface area contributed by atoms with Gasteiger partial charge in [-0.3, -0.25) is 0 Å². The number of benzene rings is 2. The first-order valence-corrected chi connectivity index (χ1v) is 6.84. The molecule has 2 aromatic rings. The lowest BCUT2D eigenvalue weighted by Crippen LogP contribution is -2.04. The van der Waals surface area contributed by atoms with Crippen LogP contribution in [0.25, 0.3) is 0 Å². The summed E-state index contributed by atoms with van der Waals surface area (Å²) >= 11 is 12.1. The van der Waals surface area contributed by atoms with Crippen LogP contribution in [0.1, 0.15) is 11.1 Å². The van der Waals surface area contributed by atoms with E-state index in [0.717, 1.165) is 16.9 Å². The Morgan fingerprint density at radius 1 is 1.10 bits per heavy atom. The fourth-order valence-corrected chi connectivity index (χ4v) is 2.33. The largest absolute Gasteiger partial charge is 0.496 e. The molecule has 2 aromatic carbocycles. The average Bonchev–Trinajstić information content (AvgIpc) is 2.45. The van der Waals surface area contributed by atoms with Gasteiger partial charge in [-0.15, -0.1) is 0 Å². The zero-order valence-electron chi connectivity index (χ0n) is 11.0. The SMILES string of the molecule is COc1ccc(Cl)cc1COc1cccc(Cl)c1CN. The van der Waals surface area contributed by atoms with Crippen molar-refractivity contribution >= 4 is 23.2 Å². The summed E-state index contributed by atoms with van der Waals surface area (Å²) in [5, 5.41) is 1.23. The second kappa shape index (κ2) is 6.84. The van der Waals surface area contributed by atoms with Gasteiger partial charge < -0.3 is 15.2 Å². The van der Waals surface area contributed by atoms with Crippen molar-refractivity contribution in [2.45, 2.75) is 13.2 Å². The van der Waals surface area contributed by atoms with Crippen molar-refractivity contribution in [3.8, 4) is 11.5 Å². The number of hydrogen-bond acceptors (Lipinski definition) is 3. The molecule has 0 fully saturated rings. The van der Waals surface area contributed by atoms with Crippen molar-refractivity contribution in [2.24, 2.45) is 5.73 Å². The second-order valence-corrected chi connectivity index (χ2v) is 5.01. The molecule has 2 N–H and O–H groups in total. The highest BCUT2D eigenvalue weighted by Crippen LogP contribution is 2.28. The molecule has 0 aliphatic carbocycles. The van der Waals surface area contributed by atoms with Gasteiger partial charge in [-0.1, -0.05) is 29.3 Å². The van der Waals surface area contributed by atoms with Crippen LogP contribution in [0.3, 0.4) is 0 Å². The van der Waals surface area contributed by atoms with Crippen LogP contribution >= 0.6 is 23.2 Å². The first-order chi connectivity index (χ1) is 9.65. The molecular weight excluding hydrogens is 297 g/mol. The van der Waals surface area contributed by atoms with Crippen molar-refractivity contribution in [2.75, 3.05) is 7.11 Å². The number of methoxy groups -OCH3 is 1. The zero-order valence-corrected chi connectivity index (χ0v) is 12.5. The van der Waals surface area contributed by atoms with Crippen LogP contribution in [0.2, 0.25) is 10.0 Å². The lowest BCUT2D eigenvalue weighted by Gasteiger charge is -2.13. The van der Waals surface area contributed by atoms with Crippen LogP contribution in [-0.4, -0.2) is 7.11 Å². The van der Waals surface area contributed by atoms with E-state index in [2.05, 4.69) is 0 Å². The van der Waals surface area contributed by atoms with Crippen LogP contribution in [0.4, 0.5) is 0 Å². The van der Waals surface area contributed by atoms with Crippen LogP contribution in [-0.2, 0) is 13.2 Å². The van der Waals surface area contributed by atoms with Gasteiger partial charge in [0.2, 0.25) is 0 Å². The maximum absolute atomic E-state index is 6.09. The second-order valence-electron chi connectivity index (χ2n) is 4.17. The van der Waals surface area contributed by atoms with Crippen LogP contribution in [0, 0.1) is 0 Å². The Labute approximate surface area is 128 Å². The fraction of sp³-hybridized carbons (Fsp3) is 0.200. The lowest BCUT2D eigenvalue weighted by molar-refractivity contribution is 0.294. The molecule has 0 aliphatic rings. The van der Waals surface area contributed by atoms with Gasteiger partial charge in [0.1, 0.15) is 18.1 Å². The van der Waals surface area contributed by atoms with Crippen LogP contribution < -0.4 is 15.2 Å². The molecule has 0 spiro atoms. The molecule has 0 aromatic heterocycles. The van der Waals surface area contributed by atoms with Crippen molar-refractivity contribution in [1.29, 1.82) is 0 Å². The number of halogens is 2. The summed E-state index contributed by atoms with van der Waals surface area (Å²) in [6, 6.07) is 10.8. The number of nitrogens with two attached hydrogens (primary N) is 1. The van der Waals surface area contributed by atoms with Crippen molar-refractivity contribution < 1.29 is 9.47 Å². The highest BCUT2D eigenvalue weighted by Gasteiger charge is 2.09. The molecule has 0 radical (unpaired) electrons. The summed E-state index contributed by atoms with van der Waals surface area (Å²) in [5.74, 6) is 1.40. The maximum Gasteiger partial charge on any atom is 0.125 e. The Kier molecular flexibility index (Phi) is 5.12. The smallest absolute Gasteiger partial charge is 0.125 e. The molecule has 20 heavy (non-hydrogen) atoms. The first-order valence-electron chi connectivity index (χ1n) is 6.08. The summed E-state index contributed by atoms with van der Waals surface area (Å²) < 4.78 is 11.1. The summed E-state index contributed by atoms with van der Waals surface area (Å²) in [6.07, 6.45) is 0. The van der Waals surface area contributed by atoms with Crippen LogP contribution in [0.15, 0.2) is 36.4 Å². The van der Waals surface area contributed by atoms with Gasteiger partial charge in [-0.2, -0.15) is 0 Å². The highest BCUT2D eigenvalue weighted by atomic mass is 35.5. The van der Waals surface area contributed by atoms with E-state index in [1.54, 1.807) is 19.2 Å². The molecule has 0 unspecified atom stereocenters. The molecule has 0 amide bonds. The maximum atomic E-state index is 6.09. The van der Waals surface area contributed by atoms with E-state index in [9.17, 15) is 0 Å². The summed E-state index contributed by atoms with van der Waals surface area (Å²) in [4.78, 5) is 0. The third-order valence-corrected chi connectivity index (χ3v) is 3.49. The minimum Gasteiger partial charge on any atom is -0.496 e. The molecule has 5 heteroatoms. The van der Waals surface area contributed by atoms with Gasteiger partial charge in [0.05, 0.1) is 7.11 Å². The molecule has 0 saturated heterocycles. The average molecular weight is 312 g/mol. The molecule has 3 nitrogen and oxygen atoms in total. The zero-order chi connectivity index (χ0) is 14.5. The number of ether oxygens (including phenoxy) is 2. The van der Waals surface area contributed by atoms with E-state index in [0.29, 0.717) is 28.9 Å². The predicted octanol–water partition coefficient (Wildman–Crippen LogP) is 4.04. The third kappa shape index (κ3) is 3.37. The van der Waals surface area contributed by atoms with E-state index in [1.165, 1.54) is 0 Å². The van der Waals surface area contributed by atoms with Gasteiger partial charge in [0, 0.05) is 27.7 Å². The Hall–Kier alpha value is -1.42. The Morgan fingerprint density at radius 3 is 2.60 bits per heavy atom. The topological polar surface area (TPSA) is 44.5 Å². The minimum atomic E-state index is 0.321. The Bertz CT molecular complexity index is 600. The van der Waals surface area contributed by atoms with E-state index in [4.69, 9.17) is 38.4 Å². The Morgan fingerprint density at radius 2 is 1.90 bits per heavy atom. The van der Waals surface area contributed by atoms with Crippen molar-refractivity contribution in [3.05, 3.63) is 57.6 Å². The lowest BCUT2D eigenvalue weighted by atomic mass is 10.2. The van der Waals surface area contributed by atoms with Gasteiger partial charge in [0.15, 0.2) is 0 Å². The first kappa shape index (κ1) is 15.0. The molecule has 0 heterocycles. The molecule has 0 atom stereocenters. The Balaban J connectivity index is 2.21. The van der Waals surface area contributed by atoms with Crippen LogP contribution in [0.5, 0.6) is 11.5 Å². The minimum absolute atomic E-state index is 0.321. The van der Waals surface area contributed by atoms with E-state index in [-0.39, 0.29) is 0 Å². The number of hydrogen-bond donors (Lipinski definition) is 1. The van der Waals surface area contributed by atoms with Gasteiger partial charge >= 0.3 is 0 Å². The molecule has 0 bridgehead atoms. The van der Waals surface area contributed by atoms with Gasteiger partial charge in [-0.05, 0) is 30.3 Å².